The first-order chi connectivity index (χ1) is 31.9. The molecule has 10 nitrogen and oxygen atoms in total. The summed E-state index contributed by atoms with van der Waals surface area (Å²) in [6, 6.07) is 35.5. The average molecular weight is 902 g/mol. The number of alkyl halides is 3. The van der Waals surface area contributed by atoms with Crippen LogP contribution in [-0.2, 0) is 28.9 Å². The molecule has 4 heterocycles. The number of carbonyl (C=O) groups excluding carboxylic acids is 2. The molecule has 0 radical (unpaired) electrons. The maximum atomic E-state index is 14.0. The van der Waals surface area contributed by atoms with Gasteiger partial charge in [-0.1, -0.05) is 85.6 Å². The van der Waals surface area contributed by atoms with Crippen LogP contribution >= 0.6 is 0 Å². The number of hydrogen-bond donors (Lipinski definition) is 3. The summed E-state index contributed by atoms with van der Waals surface area (Å²) >= 11 is 0. The number of aromatic nitrogens is 1. The van der Waals surface area contributed by atoms with E-state index >= 15 is 0 Å². The number of carbonyl (C=O) groups is 2. The lowest BCUT2D eigenvalue weighted by atomic mass is 9.85. The number of rotatable bonds is 18. The van der Waals surface area contributed by atoms with Crippen LogP contribution in [0.2, 0.25) is 0 Å². The molecule has 2 bridgehead atoms. The highest BCUT2D eigenvalue weighted by molar-refractivity contribution is 5.94. The highest BCUT2D eigenvalue weighted by Crippen LogP contribution is 2.35. The molecule has 344 valence electrons. The first-order valence-corrected chi connectivity index (χ1v) is 22.6. The van der Waals surface area contributed by atoms with Crippen molar-refractivity contribution in [1.29, 1.82) is 0 Å². The molecule has 3 fully saturated rings. The van der Waals surface area contributed by atoms with Crippen LogP contribution in [0.4, 0.5) is 13.2 Å². The van der Waals surface area contributed by atoms with Gasteiger partial charge in [0.25, 0.3) is 5.91 Å². The van der Waals surface area contributed by atoms with Crippen LogP contribution in [-0.4, -0.2) is 69.2 Å². The van der Waals surface area contributed by atoms with Gasteiger partial charge in [0.2, 0.25) is 5.56 Å². The first-order valence-electron chi connectivity index (χ1n) is 22.6. The second kappa shape index (κ2) is 20.8. The lowest BCUT2D eigenvalue weighted by Crippen LogP contribution is -2.52. The van der Waals surface area contributed by atoms with Gasteiger partial charge in [-0.15, -0.1) is 0 Å². The number of amides is 1. The number of halogens is 3. The number of pyridine rings is 1. The van der Waals surface area contributed by atoms with E-state index in [-0.39, 0.29) is 60.3 Å². The van der Waals surface area contributed by atoms with Gasteiger partial charge in [-0.2, -0.15) is 13.2 Å². The third-order valence-corrected chi connectivity index (χ3v) is 12.9. The van der Waals surface area contributed by atoms with Crippen LogP contribution in [0.3, 0.4) is 0 Å². The summed E-state index contributed by atoms with van der Waals surface area (Å²) in [6.45, 7) is 3.57. The van der Waals surface area contributed by atoms with E-state index in [0.717, 1.165) is 61.3 Å². The van der Waals surface area contributed by atoms with Crippen molar-refractivity contribution in [1.82, 2.24) is 14.8 Å². The van der Waals surface area contributed by atoms with E-state index < -0.39 is 17.8 Å². The fraction of sp³-hybridized carbons (Fsp3) is 0.340. The Morgan fingerprint density at radius 1 is 0.818 bits per heavy atom. The van der Waals surface area contributed by atoms with Crippen molar-refractivity contribution in [2.45, 2.75) is 82.4 Å². The molecular weight excluding hydrogens is 848 g/mol. The Labute approximate surface area is 381 Å². The maximum Gasteiger partial charge on any atom is 0.416 e. The Bertz CT molecular complexity index is 2650. The summed E-state index contributed by atoms with van der Waals surface area (Å²) in [4.78, 5) is 45.9. The topological polar surface area (TPSA) is 132 Å². The number of fused-ring (bicyclic) bond motifs is 4. The average Bonchev–Trinajstić information content (AvgIpc) is 3.33. The zero-order chi connectivity index (χ0) is 46.2. The summed E-state index contributed by atoms with van der Waals surface area (Å²) in [5.41, 5.74) is 3.41. The standard InChI is InChI=1S/C53H54F3N3O7/c54-53(55,56)41-19-15-35(16-20-41)32-59(27-6-2-5-12-46(60)43-21-23-47(61)51-44(43)22-24-49(62)57-51)52(64)39-17-13-36(14-18-39)34-65-42-11-7-10-40(30-42)45(37-8-3-1-4-9-37)31-50(63)66-48-33-58-28-25-38(48)26-29-58/h1,3-4,7-11,13-24,30,38,45-46,48,60-61H,2,5-6,12,25-29,31-34H2,(H,57,62)/t45-,46-,48-/m0/s1. The van der Waals surface area contributed by atoms with E-state index in [1.807, 2.05) is 66.7 Å². The molecule has 9 rings (SSSR count). The van der Waals surface area contributed by atoms with Crippen LogP contribution < -0.4 is 10.3 Å². The molecule has 66 heavy (non-hydrogen) atoms. The van der Waals surface area contributed by atoms with Crippen LogP contribution in [0, 0.1) is 5.92 Å². The summed E-state index contributed by atoms with van der Waals surface area (Å²) < 4.78 is 52.4. The van der Waals surface area contributed by atoms with Gasteiger partial charge in [0.1, 0.15) is 24.2 Å². The molecule has 0 aliphatic carbocycles. The Morgan fingerprint density at radius 2 is 1.55 bits per heavy atom. The molecule has 0 unspecified atom stereocenters. The largest absolute Gasteiger partial charge is 0.506 e. The zero-order valence-electron chi connectivity index (χ0n) is 36.6. The minimum Gasteiger partial charge on any atom is -0.506 e. The predicted octanol–water partition coefficient (Wildman–Crippen LogP) is 9.93. The van der Waals surface area contributed by atoms with E-state index in [2.05, 4.69) is 9.88 Å². The van der Waals surface area contributed by atoms with Crippen molar-refractivity contribution < 1.29 is 42.4 Å². The number of esters is 1. The number of ether oxygens (including phenoxy) is 2. The van der Waals surface area contributed by atoms with Crippen LogP contribution in [0.25, 0.3) is 10.9 Å². The summed E-state index contributed by atoms with van der Waals surface area (Å²) in [7, 11) is 0. The van der Waals surface area contributed by atoms with Crippen LogP contribution in [0.15, 0.2) is 132 Å². The predicted molar refractivity (Wildman–Crippen MR) is 245 cm³/mol. The van der Waals surface area contributed by atoms with E-state index in [1.54, 1.807) is 29.2 Å². The normalized spacial score (nSPS) is 17.8. The number of benzene rings is 5. The minimum absolute atomic E-state index is 0.0662. The molecule has 3 saturated heterocycles. The van der Waals surface area contributed by atoms with Crippen molar-refractivity contribution >= 4 is 22.8 Å². The number of H-pyrrole nitrogens is 1. The molecule has 1 amide bonds. The number of unbranched alkanes of at least 4 members (excludes halogenated alkanes) is 2. The van der Waals surface area contributed by atoms with Gasteiger partial charge in [-0.3, -0.25) is 19.3 Å². The van der Waals surface area contributed by atoms with Gasteiger partial charge in [0.05, 0.1) is 23.6 Å². The number of aliphatic hydroxyl groups excluding tert-OH is 1. The monoisotopic (exact) mass is 901 g/mol. The van der Waals surface area contributed by atoms with Crippen LogP contribution in [0.5, 0.6) is 11.5 Å². The van der Waals surface area contributed by atoms with E-state index in [9.17, 15) is 37.8 Å². The molecule has 0 spiro atoms. The summed E-state index contributed by atoms with van der Waals surface area (Å²) in [6.07, 6.45) is -0.875. The third kappa shape index (κ3) is 11.5. The Morgan fingerprint density at radius 3 is 2.26 bits per heavy atom. The molecule has 6 aromatic rings. The number of aromatic amines is 1. The van der Waals surface area contributed by atoms with Gasteiger partial charge < -0.3 is 29.6 Å². The lowest BCUT2D eigenvalue weighted by molar-refractivity contribution is -0.159. The van der Waals surface area contributed by atoms with E-state index in [0.29, 0.717) is 66.0 Å². The molecule has 3 aliphatic heterocycles. The van der Waals surface area contributed by atoms with Crippen LogP contribution in [0.1, 0.15) is 101 Å². The Kier molecular flexibility index (Phi) is 14.5. The number of hydrogen-bond acceptors (Lipinski definition) is 8. The van der Waals surface area contributed by atoms with Crippen molar-refractivity contribution in [3.8, 4) is 11.5 Å². The molecule has 3 N–H and O–H groups in total. The number of nitrogens with one attached hydrogen (secondary N) is 1. The fourth-order valence-corrected chi connectivity index (χ4v) is 9.25. The van der Waals surface area contributed by atoms with Crippen molar-refractivity contribution in [2.75, 3.05) is 26.2 Å². The number of aromatic hydroxyl groups is 1. The first kappa shape index (κ1) is 46.1. The number of phenols is 1. The van der Waals surface area contributed by atoms with E-state index in [1.165, 1.54) is 24.3 Å². The van der Waals surface area contributed by atoms with Gasteiger partial charge >= 0.3 is 12.1 Å². The second-order valence-corrected chi connectivity index (χ2v) is 17.5. The fourth-order valence-electron chi connectivity index (χ4n) is 9.25. The number of phenolic OH excluding ortho intramolecular Hbond substituents is 1. The van der Waals surface area contributed by atoms with Crippen molar-refractivity contribution in [3.05, 3.63) is 177 Å². The number of piperidine rings is 3. The molecular formula is C53H54F3N3O7. The lowest BCUT2D eigenvalue weighted by Gasteiger charge is -2.44. The molecule has 1 aromatic heterocycles. The third-order valence-electron chi connectivity index (χ3n) is 12.9. The minimum atomic E-state index is -4.48. The van der Waals surface area contributed by atoms with E-state index in [4.69, 9.17) is 9.47 Å². The SMILES string of the molecule is O=C(C[C@@H](c1ccccc1)c1cccc(OCc2ccc(C(=O)N(CCCCC[C@H](O)c3ccc(O)c4[nH]c(=O)ccc34)Cc3ccc(C(F)(F)F)cc3)cc2)c1)O[C@H]1CN2CCC1CC2. The number of aliphatic hydroxyl groups is 1. The zero-order valence-corrected chi connectivity index (χ0v) is 36.6. The van der Waals surface area contributed by atoms with Crippen molar-refractivity contribution in [3.63, 3.8) is 0 Å². The summed E-state index contributed by atoms with van der Waals surface area (Å²) in [5, 5.41) is 21.8. The second-order valence-electron chi connectivity index (χ2n) is 17.5. The van der Waals surface area contributed by atoms with Crippen molar-refractivity contribution in [2.24, 2.45) is 5.92 Å². The molecule has 13 heteroatoms. The quantitative estimate of drug-likeness (QED) is 0.0574. The highest BCUT2D eigenvalue weighted by atomic mass is 19.4. The molecule has 5 aromatic carbocycles. The highest BCUT2D eigenvalue weighted by Gasteiger charge is 2.37. The van der Waals surface area contributed by atoms with Gasteiger partial charge in [-0.25, -0.2) is 0 Å². The van der Waals surface area contributed by atoms with Gasteiger partial charge in [-0.05, 0) is 121 Å². The molecule has 0 saturated carbocycles. The summed E-state index contributed by atoms with van der Waals surface area (Å²) in [5.74, 6) is 0.237. The Balaban J connectivity index is 0.895. The van der Waals surface area contributed by atoms with Gasteiger partial charge in [0.15, 0.2) is 0 Å². The number of nitrogens with zero attached hydrogens (tertiary/aromatic N) is 2. The molecule has 3 atom stereocenters. The smallest absolute Gasteiger partial charge is 0.416 e. The Hall–Kier alpha value is -6.44. The molecule has 3 aliphatic rings. The van der Waals surface area contributed by atoms with Gasteiger partial charge in [0, 0.05) is 42.6 Å². The maximum absolute atomic E-state index is 14.0.